The lowest BCUT2D eigenvalue weighted by molar-refractivity contribution is 0.874. The smallest absolute Gasteiger partial charge is 0.265 e. The van der Waals surface area contributed by atoms with E-state index in [1.807, 2.05) is 67.6 Å². The Labute approximate surface area is 177 Å². The van der Waals surface area contributed by atoms with E-state index in [-0.39, 0.29) is 5.56 Å². The first-order valence-corrected chi connectivity index (χ1v) is 10.8. The fraction of sp³-hybridized carbons (Fsp3) is 0.125. The molecule has 0 aliphatic heterocycles. The molecule has 30 heavy (non-hydrogen) atoms. The minimum Gasteiger partial charge on any atom is -0.333 e. The first kappa shape index (κ1) is 18.6. The van der Waals surface area contributed by atoms with Gasteiger partial charge in [-0.1, -0.05) is 48.2 Å². The van der Waals surface area contributed by atoms with Gasteiger partial charge in [0, 0.05) is 0 Å². The highest BCUT2D eigenvalue weighted by Crippen LogP contribution is 2.25. The maximum absolute atomic E-state index is 13.5. The molecular formula is C24H20N4OS. The van der Waals surface area contributed by atoms with Gasteiger partial charge in [-0.3, -0.25) is 9.36 Å². The molecule has 0 saturated carbocycles. The van der Waals surface area contributed by atoms with Gasteiger partial charge in [0.25, 0.3) is 5.56 Å². The third kappa shape index (κ3) is 3.19. The zero-order valence-electron chi connectivity index (χ0n) is 16.7. The molecule has 5 aromatic rings. The van der Waals surface area contributed by atoms with E-state index in [1.54, 1.807) is 16.3 Å². The topological polar surface area (TPSA) is 63.6 Å². The van der Waals surface area contributed by atoms with E-state index in [4.69, 9.17) is 4.98 Å². The largest absolute Gasteiger partial charge is 0.333 e. The van der Waals surface area contributed by atoms with Gasteiger partial charge >= 0.3 is 0 Å². The molecule has 0 fully saturated rings. The van der Waals surface area contributed by atoms with Crippen LogP contribution >= 0.6 is 11.8 Å². The lowest BCUT2D eigenvalue weighted by Crippen LogP contribution is -2.24. The van der Waals surface area contributed by atoms with Crippen LogP contribution in [0.15, 0.2) is 76.7 Å². The summed E-state index contributed by atoms with van der Waals surface area (Å²) in [7, 11) is 0. The maximum atomic E-state index is 13.5. The molecule has 0 aliphatic rings. The number of hydrogen-bond donors (Lipinski definition) is 1. The van der Waals surface area contributed by atoms with E-state index < -0.39 is 0 Å². The highest BCUT2D eigenvalue weighted by molar-refractivity contribution is 7.98. The van der Waals surface area contributed by atoms with Crippen molar-refractivity contribution < 1.29 is 0 Å². The number of imidazole rings is 1. The number of nitrogens with zero attached hydrogens (tertiary/aromatic N) is 3. The molecule has 0 spiro atoms. The predicted molar refractivity (Wildman–Crippen MR) is 122 cm³/mol. The van der Waals surface area contributed by atoms with Crippen LogP contribution in [0.1, 0.15) is 17.0 Å². The zero-order chi connectivity index (χ0) is 20.7. The van der Waals surface area contributed by atoms with Gasteiger partial charge in [0.15, 0.2) is 5.16 Å². The van der Waals surface area contributed by atoms with Gasteiger partial charge in [0.1, 0.15) is 5.82 Å². The Balaban J connectivity index is 1.64. The zero-order valence-corrected chi connectivity index (χ0v) is 17.5. The number of rotatable bonds is 4. The average molecular weight is 413 g/mol. The van der Waals surface area contributed by atoms with Crippen LogP contribution in [0.4, 0.5) is 0 Å². The lowest BCUT2D eigenvalue weighted by Gasteiger charge is -2.16. The Bertz CT molecular complexity index is 1420. The summed E-state index contributed by atoms with van der Waals surface area (Å²) in [6.45, 7) is 4.10. The maximum Gasteiger partial charge on any atom is 0.265 e. The Morgan fingerprint density at radius 1 is 0.900 bits per heavy atom. The molecule has 148 valence electrons. The normalized spacial score (nSPS) is 11.4. The molecule has 0 unspecified atom stereocenters. The summed E-state index contributed by atoms with van der Waals surface area (Å²) in [6, 6.07) is 21.5. The van der Waals surface area contributed by atoms with Crippen LogP contribution in [0.2, 0.25) is 0 Å². The molecule has 0 amide bonds. The van der Waals surface area contributed by atoms with Gasteiger partial charge in [0.2, 0.25) is 0 Å². The number of benzene rings is 3. The molecule has 5 nitrogen and oxygen atoms in total. The third-order valence-corrected chi connectivity index (χ3v) is 6.24. The second-order valence-electron chi connectivity index (χ2n) is 7.25. The fourth-order valence-electron chi connectivity index (χ4n) is 3.63. The van der Waals surface area contributed by atoms with Crippen LogP contribution in [0.5, 0.6) is 0 Å². The summed E-state index contributed by atoms with van der Waals surface area (Å²) in [4.78, 5) is 26.3. The highest BCUT2D eigenvalue weighted by Gasteiger charge is 2.16. The Kier molecular flexibility index (Phi) is 4.64. The van der Waals surface area contributed by atoms with Crippen LogP contribution in [0, 0.1) is 13.8 Å². The molecule has 0 saturated heterocycles. The summed E-state index contributed by atoms with van der Waals surface area (Å²) in [6.07, 6.45) is 0. The van der Waals surface area contributed by atoms with E-state index in [0.717, 1.165) is 33.0 Å². The van der Waals surface area contributed by atoms with E-state index in [1.165, 1.54) is 0 Å². The molecule has 2 heterocycles. The van der Waals surface area contributed by atoms with Crippen LogP contribution in [-0.4, -0.2) is 19.5 Å². The molecule has 2 aromatic heterocycles. The van der Waals surface area contributed by atoms with Crippen molar-refractivity contribution in [3.8, 4) is 5.69 Å². The molecule has 5 rings (SSSR count). The van der Waals surface area contributed by atoms with Crippen molar-refractivity contribution in [1.29, 1.82) is 0 Å². The highest BCUT2D eigenvalue weighted by atomic mass is 32.2. The van der Waals surface area contributed by atoms with Gasteiger partial charge in [-0.15, -0.1) is 0 Å². The van der Waals surface area contributed by atoms with Crippen LogP contribution in [0.3, 0.4) is 0 Å². The number of aromatic amines is 1. The number of H-pyrrole nitrogens is 1. The molecule has 0 radical (unpaired) electrons. The van der Waals surface area contributed by atoms with E-state index in [9.17, 15) is 4.79 Å². The number of hydrogen-bond acceptors (Lipinski definition) is 4. The van der Waals surface area contributed by atoms with Crippen LogP contribution in [0.25, 0.3) is 27.6 Å². The van der Waals surface area contributed by atoms with Crippen LogP contribution in [-0.2, 0) is 5.75 Å². The monoisotopic (exact) mass is 412 g/mol. The molecule has 0 aliphatic carbocycles. The molecule has 3 aromatic carbocycles. The summed E-state index contributed by atoms with van der Waals surface area (Å²) in [5, 5.41) is 1.43. The molecule has 0 bridgehead atoms. The van der Waals surface area contributed by atoms with Gasteiger partial charge in [-0.25, -0.2) is 9.97 Å². The molecule has 0 atom stereocenters. The molecule has 1 N–H and O–H groups in total. The second kappa shape index (κ2) is 7.46. The Morgan fingerprint density at radius 2 is 1.67 bits per heavy atom. The summed E-state index contributed by atoms with van der Waals surface area (Å²) < 4.78 is 1.75. The summed E-state index contributed by atoms with van der Waals surface area (Å²) in [5.74, 6) is 1.23. The van der Waals surface area contributed by atoms with Crippen molar-refractivity contribution in [3.63, 3.8) is 0 Å². The third-order valence-electron chi connectivity index (χ3n) is 5.37. The van der Waals surface area contributed by atoms with Gasteiger partial charge in [-0.05, 0) is 55.3 Å². The Hall–Kier alpha value is -3.38. The second-order valence-corrected chi connectivity index (χ2v) is 8.22. The van der Waals surface area contributed by atoms with Gasteiger partial charge in [0.05, 0.1) is 33.4 Å². The number of fused-ring (bicyclic) bond motifs is 2. The number of para-hydroxylation sites is 3. The summed E-state index contributed by atoms with van der Waals surface area (Å²) >= 11 is 1.55. The van der Waals surface area contributed by atoms with Gasteiger partial charge in [-0.2, -0.15) is 0 Å². The Morgan fingerprint density at radius 3 is 2.50 bits per heavy atom. The SMILES string of the molecule is Cc1cccc(-n2c(CSc3nc4ccccc4[nH]3)nc3ccccc3c2=O)c1C. The van der Waals surface area contributed by atoms with E-state index in [0.29, 0.717) is 22.5 Å². The molecular weight excluding hydrogens is 392 g/mol. The molecule has 6 heteroatoms. The summed E-state index contributed by atoms with van der Waals surface area (Å²) in [5.41, 5.74) is 5.68. The average Bonchev–Trinajstić information content (AvgIpc) is 3.18. The van der Waals surface area contributed by atoms with Crippen molar-refractivity contribution in [3.05, 3.63) is 94.0 Å². The quantitative estimate of drug-likeness (QED) is 0.414. The lowest BCUT2D eigenvalue weighted by atomic mass is 10.1. The van der Waals surface area contributed by atoms with E-state index in [2.05, 4.69) is 23.0 Å². The van der Waals surface area contributed by atoms with Gasteiger partial charge < -0.3 is 4.98 Å². The fourth-order valence-corrected chi connectivity index (χ4v) is 4.44. The van der Waals surface area contributed by atoms with Crippen molar-refractivity contribution in [2.24, 2.45) is 0 Å². The van der Waals surface area contributed by atoms with Crippen molar-refractivity contribution in [1.82, 2.24) is 19.5 Å². The van der Waals surface area contributed by atoms with Crippen molar-refractivity contribution in [2.45, 2.75) is 24.8 Å². The van der Waals surface area contributed by atoms with E-state index >= 15 is 0 Å². The minimum absolute atomic E-state index is 0.0468. The first-order valence-electron chi connectivity index (χ1n) is 9.76. The number of aryl methyl sites for hydroxylation is 1. The minimum atomic E-state index is -0.0468. The standard InChI is InChI=1S/C24H20N4OS/c1-15-8-7-13-21(16(15)2)28-22(25-18-10-4-3-9-17(18)23(28)29)14-30-24-26-19-11-5-6-12-20(19)27-24/h3-13H,14H2,1-2H3,(H,26,27). The number of nitrogens with one attached hydrogen (secondary N) is 1. The number of aromatic nitrogens is 4. The van der Waals surface area contributed by atoms with Crippen LogP contribution < -0.4 is 5.56 Å². The number of thioether (sulfide) groups is 1. The first-order chi connectivity index (χ1) is 14.6. The van der Waals surface area contributed by atoms with Crippen molar-refractivity contribution in [2.75, 3.05) is 0 Å². The van der Waals surface area contributed by atoms with Crippen molar-refractivity contribution >= 4 is 33.7 Å². The predicted octanol–water partition coefficient (Wildman–Crippen LogP) is 5.17.